The average Bonchev–Trinajstić information content (AvgIpc) is 2.62. The molecule has 1 heterocycles. The van der Waals surface area contributed by atoms with Crippen LogP contribution in [-0.2, 0) is 4.74 Å². The van der Waals surface area contributed by atoms with Crippen molar-refractivity contribution in [2.45, 2.75) is 38.8 Å². The lowest BCUT2D eigenvalue weighted by atomic mass is 9.94. The molecular formula is C14H18BrNO2. The first-order valence-corrected chi connectivity index (χ1v) is 6.92. The maximum atomic E-state index is 12.3. The van der Waals surface area contributed by atoms with Crippen LogP contribution in [0.5, 0.6) is 0 Å². The highest BCUT2D eigenvalue weighted by molar-refractivity contribution is 9.10. The molecule has 2 atom stereocenters. The predicted octanol–water partition coefficient (Wildman–Crippen LogP) is 3.05. The van der Waals surface area contributed by atoms with Gasteiger partial charge in [0.15, 0.2) is 0 Å². The lowest BCUT2D eigenvalue weighted by Gasteiger charge is -2.29. The fraction of sp³-hybridized carbons (Fsp3) is 0.500. The molecule has 2 unspecified atom stereocenters. The Morgan fingerprint density at radius 3 is 2.89 bits per heavy atom. The van der Waals surface area contributed by atoms with Crippen LogP contribution >= 0.6 is 15.9 Å². The van der Waals surface area contributed by atoms with E-state index in [9.17, 15) is 4.79 Å². The third kappa shape index (κ3) is 2.59. The highest BCUT2D eigenvalue weighted by Gasteiger charge is 2.38. The van der Waals surface area contributed by atoms with E-state index in [1.165, 1.54) is 0 Å². The monoisotopic (exact) mass is 311 g/mol. The highest BCUT2D eigenvalue weighted by Crippen LogP contribution is 2.26. The van der Waals surface area contributed by atoms with Gasteiger partial charge >= 0.3 is 0 Å². The van der Waals surface area contributed by atoms with E-state index >= 15 is 0 Å². The number of aryl methyl sites for hydroxylation is 1. The highest BCUT2D eigenvalue weighted by atomic mass is 79.9. The van der Waals surface area contributed by atoms with Gasteiger partial charge in [0.1, 0.15) is 0 Å². The summed E-state index contributed by atoms with van der Waals surface area (Å²) in [6.45, 7) is 6.71. The summed E-state index contributed by atoms with van der Waals surface area (Å²) in [6, 6.07) is 5.77. The third-order valence-electron chi connectivity index (χ3n) is 3.65. The zero-order chi connectivity index (χ0) is 13.3. The molecule has 18 heavy (non-hydrogen) atoms. The van der Waals surface area contributed by atoms with Crippen molar-refractivity contribution in [3.63, 3.8) is 0 Å². The molecule has 0 spiro atoms. The first-order chi connectivity index (χ1) is 8.42. The number of hydrogen-bond acceptors (Lipinski definition) is 2. The van der Waals surface area contributed by atoms with Crippen LogP contribution in [0.25, 0.3) is 0 Å². The van der Waals surface area contributed by atoms with E-state index in [1.54, 1.807) is 0 Å². The number of amides is 1. The van der Waals surface area contributed by atoms with Crippen LogP contribution in [0.1, 0.15) is 36.2 Å². The van der Waals surface area contributed by atoms with Gasteiger partial charge < -0.3 is 10.1 Å². The molecule has 0 bridgehead atoms. The van der Waals surface area contributed by atoms with Crippen LogP contribution in [0.15, 0.2) is 22.7 Å². The van der Waals surface area contributed by atoms with Crippen molar-refractivity contribution in [1.29, 1.82) is 0 Å². The van der Waals surface area contributed by atoms with E-state index in [4.69, 9.17) is 4.74 Å². The topological polar surface area (TPSA) is 38.3 Å². The van der Waals surface area contributed by atoms with Crippen molar-refractivity contribution in [3.05, 3.63) is 33.8 Å². The number of nitrogens with one attached hydrogen (secondary N) is 1. The van der Waals surface area contributed by atoms with E-state index < -0.39 is 0 Å². The fourth-order valence-corrected chi connectivity index (χ4v) is 2.57. The van der Waals surface area contributed by atoms with E-state index in [-0.39, 0.29) is 17.6 Å². The normalized spacial score (nSPS) is 27.2. The Bertz CT molecular complexity index is 475. The summed E-state index contributed by atoms with van der Waals surface area (Å²) in [5.41, 5.74) is 1.47. The second-order valence-electron chi connectivity index (χ2n) is 5.12. The van der Waals surface area contributed by atoms with Crippen molar-refractivity contribution in [3.8, 4) is 0 Å². The Hall–Kier alpha value is -0.870. The SMILES string of the molecule is Cc1ccc(Br)c(C(=O)NC2(C)CCOC2C)c1. The second-order valence-corrected chi connectivity index (χ2v) is 5.97. The van der Waals surface area contributed by atoms with Crippen LogP contribution in [0.2, 0.25) is 0 Å². The Balaban J connectivity index is 2.19. The van der Waals surface area contributed by atoms with Gasteiger partial charge in [-0.25, -0.2) is 0 Å². The molecule has 0 aliphatic carbocycles. The summed E-state index contributed by atoms with van der Waals surface area (Å²) in [5.74, 6) is -0.0505. The fourth-order valence-electron chi connectivity index (χ4n) is 2.14. The summed E-state index contributed by atoms with van der Waals surface area (Å²) >= 11 is 3.42. The van der Waals surface area contributed by atoms with Crippen molar-refractivity contribution >= 4 is 21.8 Å². The van der Waals surface area contributed by atoms with Crippen molar-refractivity contribution < 1.29 is 9.53 Å². The number of halogens is 1. The summed E-state index contributed by atoms with van der Waals surface area (Å²) in [7, 11) is 0. The van der Waals surface area contributed by atoms with E-state index in [2.05, 4.69) is 21.2 Å². The minimum absolute atomic E-state index is 0.0463. The molecular weight excluding hydrogens is 294 g/mol. The van der Waals surface area contributed by atoms with Gasteiger partial charge in [-0.2, -0.15) is 0 Å². The molecule has 1 N–H and O–H groups in total. The zero-order valence-corrected chi connectivity index (χ0v) is 12.5. The standard InChI is InChI=1S/C14H18BrNO2/c1-9-4-5-12(15)11(8-9)13(17)16-14(3)6-7-18-10(14)2/h4-5,8,10H,6-7H2,1-3H3,(H,16,17). The molecule has 0 radical (unpaired) electrons. The Kier molecular flexibility index (Phi) is 3.78. The smallest absolute Gasteiger partial charge is 0.252 e. The summed E-state index contributed by atoms with van der Waals surface area (Å²) in [4.78, 5) is 12.3. The lowest BCUT2D eigenvalue weighted by Crippen LogP contribution is -2.50. The molecule has 0 aromatic heterocycles. The van der Waals surface area contributed by atoms with Crippen LogP contribution < -0.4 is 5.32 Å². The molecule has 1 aliphatic heterocycles. The Morgan fingerprint density at radius 2 is 2.28 bits per heavy atom. The molecule has 1 amide bonds. The van der Waals surface area contributed by atoms with Crippen molar-refractivity contribution in [2.75, 3.05) is 6.61 Å². The van der Waals surface area contributed by atoms with E-state index in [0.717, 1.165) is 16.5 Å². The van der Waals surface area contributed by atoms with Crippen molar-refractivity contribution in [1.82, 2.24) is 5.32 Å². The van der Waals surface area contributed by atoms with Gasteiger partial charge in [-0.05, 0) is 55.3 Å². The first kappa shape index (κ1) is 13.6. The molecule has 1 fully saturated rings. The Labute approximate surface area is 116 Å². The van der Waals surface area contributed by atoms with Gasteiger partial charge in [-0.1, -0.05) is 11.6 Å². The van der Waals surface area contributed by atoms with Crippen LogP contribution in [0.3, 0.4) is 0 Å². The Morgan fingerprint density at radius 1 is 1.56 bits per heavy atom. The molecule has 1 saturated heterocycles. The van der Waals surface area contributed by atoms with Gasteiger partial charge in [-0.15, -0.1) is 0 Å². The number of hydrogen-bond donors (Lipinski definition) is 1. The number of rotatable bonds is 2. The predicted molar refractivity (Wildman–Crippen MR) is 74.8 cm³/mol. The minimum Gasteiger partial charge on any atom is -0.376 e. The molecule has 2 rings (SSSR count). The quantitative estimate of drug-likeness (QED) is 0.911. The number of carbonyl (C=O) groups excluding carboxylic acids is 1. The summed E-state index contributed by atoms with van der Waals surface area (Å²) in [6.07, 6.45) is 0.897. The maximum Gasteiger partial charge on any atom is 0.252 e. The lowest BCUT2D eigenvalue weighted by molar-refractivity contribution is 0.0727. The largest absolute Gasteiger partial charge is 0.376 e. The van der Waals surface area contributed by atoms with Gasteiger partial charge in [0, 0.05) is 11.1 Å². The van der Waals surface area contributed by atoms with Gasteiger partial charge in [0.2, 0.25) is 0 Å². The molecule has 1 aromatic rings. The molecule has 4 heteroatoms. The molecule has 1 aromatic carbocycles. The first-order valence-electron chi connectivity index (χ1n) is 6.13. The molecule has 98 valence electrons. The maximum absolute atomic E-state index is 12.3. The minimum atomic E-state index is -0.278. The third-order valence-corrected chi connectivity index (χ3v) is 4.34. The van der Waals surface area contributed by atoms with Gasteiger partial charge in [0.25, 0.3) is 5.91 Å². The number of benzene rings is 1. The molecule has 1 aliphatic rings. The van der Waals surface area contributed by atoms with Crippen LogP contribution in [0, 0.1) is 6.92 Å². The van der Waals surface area contributed by atoms with Crippen LogP contribution in [0.4, 0.5) is 0 Å². The number of ether oxygens (including phenoxy) is 1. The molecule has 3 nitrogen and oxygen atoms in total. The summed E-state index contributed by atoms with van der Waals surface area (Å²) < 4.78 is 6.35. The zero-order valence-electron chi connectivity index (χ0n) is 10.9. The number of carbonyl (C=O) groups is 1. The second kappa shape index (κ2) is 5.02. The van der Waals surface area contributed by atoms with Gasteiger partial charge in [-0.3, -0.25) is 4.79 Å². The van der Waals surface area contributed by atoms with Crippen molar-refractivity contribution in [2.24, 2.45) is 0 Å². The van der Waals surface area contributed by atoms with E-state index in [1.807, 2.05) is 39.0 Å². The molecule has 0 saturated carbocycles. The summed E-state index contributed by atoms with van der Waals surface area (Å²) in [5, 5.41) is 3.10. The van der Waals surface area contributed by atoms with Crippen LogP contribution in [-0.4, -0.2) is 24.2 Å². The van der Waals surface area contributed by atoms with Gasteiger partial charge in [0.05, 0.1) is 17.2 Å². The van der Waals surface area contributed by atoms with E-state index in [0.29, 0.717) is 12.2 Å². The average molecular weight is 312 g/mol.